The Morgan fingerprint density at radius 1 is 1.35 bits per heavy atom. The maximum absolute atomic E-state index is 5.68. The number of aromatic nitrogens is 2. The van der Waals surface area contributed by atoms with E-state index in [2.05, 4.69) is 42.5 Å². The first-order valence-electron chi connectivity index (χ1n) is 6.13. The molecule has 0 radical (unpaired) electrons. The van der Waals surface area contributed by atoms with Crippen molar-refractivity contribution in [3.8, 4) is 5.69 Å². The molecule has 0 aliphatic heterocycles. The molecule has 0 bridgehead atoms. The molecule has 0 amide bonds. The first-order valence-corrected chi connectivity index (χ1v) is 6.13. The summed E-state index contributed by atoms with van der Waals surface area (Å²) < 4.78 is 1.97. The van der Waals surface area contributed by atoms with E-state index in [-0.39, 0.29) is 0 Å². The van der Waals surface area contributed by atoms with Crippen molar-refractivity contribution < 1.29 is 0 Å². The van der Waals surface area contributed by atoms with Crippen molar-refractivity contribution in [1.82, 2.24) is 9.78 Å². The third-order valence-corrected chi connectivity index (χ3v) is 3.36. The monoisotopic (exact) mass is 227 g/mol. The molecule has 3 nitrogen and oxygen atoms in total. The van der Waals surface area contributed by atoms with Gasteiger partial charge >= 0.3 is 0 Å². The van der Waals surface area contributed by atoms with Gasteiger partial charge in [0, 0.05) is 18.7 Å². The van der Waals surface area contributed by atoms with Gasteiger partial charge in [-0.3, -0.25) is 0 Å². The molecule has 0 saturated heterocycles. The third-order valence-electron chi connectivity index (χ3n) is 3.36. The van der Waals surface area contributed by atoms with Gasteiger partial charge in [0.25, 0.3) is 0 Å². The summed E-state index contributed by atoms with van der Waals surface area (Å²) in [5.41, 5.74) is 10.4. The Bertz CT molecular complexity index is 538. The van der Waals surface area contributed by atoms with Crippen LogP contribution in [0.5, 0.6) is 0 Å². The average Bonchev–Trinajstić information content (AvgIpc) is 3.09. The predicted octanol–water partition coefficient (Wildman–Crippen LogP) is 2.52. The average molecular weight is 227 g/mol. The van der Waals surface area contributed by atoms with Gasteiger partial charge in [0.2, 0.25) is 0 Å². The van der Waals surface area contributed by atoms with Crippen LogP contribution in [-0.2, 0) is 6.54 Å². The molecule has 0 unspecified atom stereocenters. The maximum atomic E-state index is 5.68. The summed E-state index contributed by atoms with van der Waals surface area (Å²) in [7, 11) is 0. The van der Waals surface area contributed by atoms with E-state index >= 15 is 0 Å². The van der Waals surface area contributed by atoms with Crippen LogP contribution in [0.3, 0.4) is 0 Å². The summed E-state index contributed by atoms with van der Waals surface area (Å²) in [6.07, 6.45) is 4.63. The number of hydrogen-bond acceptors (Lipinski definition) is 2. The largest absolute Gasteiger partial charge is 0.326 e. The van der Waals surface area contributed by atoms with Crippen LogP contribution in [0.25, 0.3) is 5.69 Å². The molecule has 1 aromatic carbocycles. The number of rotatable bonds is 3. The van der Waals surface area contributed by atoms with Crippen LogP contribution in [0.15, 0.2) is 30.5 Å². The molecule has 1 fully saturated rings. The highest BCUT2D eigenvalue weighted by Crippen LogP contribution is 2.39. The van der Waals surface area contributed by atoms with Crippen LogP contribution in [-0.4, -0.2) is 9.78 Å². The Hall–Kier alpha value is -1.61. The van der Waals surface area contributed by atoms with Crippen LogP contribution in [0.4, 0.5) is 0 Å². The molecule has 1 aliphatic carbocycles. The molecule has 1 aliphatic rings. The molecule has 1 heterocycles. The van der Waals surface area contributed by atoms with E-state index < -0.39 is 0 Å². The van der Waals surface area contributed by atoms with Gasteiger partial charge in [-0.15, -0.1) is 0 Å². The minimum absolute atomic E-state index is 0.573. The maximum Gasteiger partial charge on any atom is 0.0678 e. The quantitative estimate of drug-likeness (QED) is 0.875. The first kappa shape index (κ1) is 10.5. The predicted molar refractivity (Wildman–Crippen MR) is 68.2 cm³/mol. The highest BCUT2D eigenvalue weighted by atomic mass is 15.3. The Morgan fingerprint density at radius 3 is 2.88 bits per heavy atom. The lowest BCUT2D eigenvalue weighted by Crippen LogP contribution is -2.02. The van der Waals surface area contributed by atoms with Crippen molar-refractivity contribution in [2.45, 2.75) is 32.2 Å². The fraction of sp³-hybridized carbons (Fsp3) is 0.357. The number of nitrogens with two attached hydrogens (primary N) is 1. The van der Waals surface area contributed by atoms with E-state index in [4.69, 9.17) is 5.73 Å². The Kier molecular flexibility index (Phi) is 2.48. The lowest BCUT2D eigenvalue weighted by Gasteiger charge is -2.07. The molecule has 0 spiro atoms. The molecule has 17 heavy (non-hydrogen) atoms. The summed E-state index contributed by atoms with van der Waals surface area (Å²) in [5.74, 6) is 0.703. The van der Waals surface area contributed by atoms with E-state index in [1.54, 1.807) is 0 Å². The molecule has 1 aromatic heterocycles. The van der Waals surface area contributed by atoms with Gasteiger partial charge in [0.15, 0.2) is 0 Å². The number of benzene rings is 1. The SMILES string of the molecule is Cc1ccc(CN)cc1-n1ccc(C2CC2)n1. The minimum Gasteiger partial charge on any atom is -0.326 e. The topological polar surface area (TPSA) is 43.8 Å². The molecular formula is C14H17N3. The molecule has 1 saturated carbocycles. The second-order valence-corrected chi connectivity index (χ2v) is 4.78. The molecule has 0 atom stereocenters. The van der Waals surface area contributed by atoms with Crippen molar-refractivity contribution in [2.75, 3.05) is 0 Å². The Morgan fingerprint density at radius 2 is 2.18 bits per heavy atom. The molecule has 3 heteroatoms. The zero-order valence-electron chi connectivity index (χ0n) is 10.1. The Balaban J connectivity index is 2.00. The second-order valence-electron chi connectivity index (χ2n) is 4.78. The van der Waals surface area contributed by atoms with E-state index in [1.165, 1.54) is 24.1 Å². The van der Waals surface area contributed by atoms with Crippen molar-refractivity contribution in [3.05, 3.63) is 47.3 Å². The standard InChI is InChI=1S/C14H17N3/c1-10-2-3-11(9-15)8-14(10)17-7-6-13(16-17)12-4-5-12/h2-3,6-8,12H,4-5,9,15H2,1H3. The zero-order valence-corrected chi connectivity index (χ0v) is 10.1. The number of hydrogen-bond donors (Lipinski definition) is 1. The smallest absolute Gasteiger partial charge is 0.0678 e. The van der Waals surface area contributed by atoms with Crippen LogP contribution >= 0.6 is 0 Å². The van der Waals surface area contributed by atoms with Crippen molar-refractivity contribution in [3.63, 3.8) is 0 Å². The minimum atomic E-state index is 0.573. The molecular weight excluding hydrogens is 210 g/mol. The van der Waals surface area contributed by atoms with Gasteiger partial charge in [0.1, 0.15) is 0 Å². The van der Waals surface area contributed by atoms with Crippen molar-refractivity contribution >= 4 is 0 Å². The molecule has 2 aromatic rings. The Labute approximate surface area is 101 Å². The highest BCUT2D eigenvalue weighted by Gasteiger charge is 2.25. The lowest BCUT2D eigenvalue weighted by molar-refractivity contribution is 0.829. The van der Waals surface area contributed by atoms with Crippen LogP contribution < -0.4 is 5.73 Å². The zero-order chi connectivity index (χ0) is 11.8. The third kappa shape index (κ3) is 1.98. The summed E-state index contributed by atoms with van der Waals surface area (Å²) in [4.78, 5) is 0. The van der Waals surface area contributed by atoms with Crippen molar-refractivity contribution in [1.29, 1.82) is 0 Å². The van der Waals surface area contributed by atoms with Gasteiger partial charge in [-0.1, -0.05) is 12.1 Å². The van der Waals surface area contributed by atoms with Crippen LogP contribution in [0.1, 0.15) is 35.6 Å². The number of nitrogens with zero attached hydrogens (tertiary/aromatic N) is 2. The van der Waals surface area contributed by atoms with E-state index in [9.17, 15) is 0 Å². The molecule has 3 rings (SSSR count). The highest BCUT2D eigenvalue weighted by molar-refractivity contribution is 5.43. The summed E-state index contributed by atoms with van der Waals surface area (Å²) in [6, 6.07) is 8.44. The fourth-order valence-corrected chi connectivity index (χ4v) is 2.10. The second kappa shape index (κ2) is 4.00. The summed E-state index contributed by atoms with van der Waals surface area (Å²) in [6.45, 7) is 2.68. The van der Waals surface area contributed by atoms with Gasteiger partial charge in [0.05, 0.1) is 11.4 Å². The van der Waals surface area contributed by atoms with Crippen LogP contribution in [0.2, 0.25) is 0 Å². The van der Waals surface area contributed by atoms with Gasteiger partial charge in [-0.05, 0) is 43.0 Å². The van der Waals surface area contributed by atoms with Crippen LogP contribution in [0, 0.1) is 6.92 Å². The van der Waals surface area contributed by atoms with E-state index in [0.29, 0.717) is 12.5 Å². The van der Waals surface area contributed by atoms with Gasteiger partial charge < -0.3 is 5.73 Å². The number of aryl methyl sites for hydroxylation is 1. The fourth-order valence-electron chi connectivity index (χ4n) is 2.10. The molecule has 2 N–H and O–H groups in total. The van der Waals surface area contributed by atoms with Crippen molar-refractivity contribution in [2.24, 2.45) is 5.73 Å². The normalized spacial score (nSPS) is 15.2. The van der Waals surface area contributed by atoms with E-state index in [0.717, 1.165) is 11.3 Å². The summed E-state index contributed by atoms with van der Waals surface area (Å²) in [5, 5.41) is 4.65. The lowest BCUT2D eigenvalue weighted by atomic mass is 10.1. The first-order chi connectivity index (χ1) is 8.28. The van der Waals surface area contributed by atoms with Gasteiger partial charge in [-0.2, -0.15) is 5.10 Å². The van der Waals surface area contributed by atoms with E-state index in [1.807, 2.05) is 4.68 Å². The summed E-state index contributed by atoms with van der Waals surface area (Å²) >= 11 is 0. The van der Waals surface area contributed by atoms with Gasteiger partial charge in [-0.25, -0.2) is 4.68 Å². The molecule has 88 valence electrons.